The molecule has 2 aromatic heterocycles. The zero-order valence-electron chi connectivity index (χ0n) is 8.30. The van der Waals surface area contributed by atoms with Gasteiger partial charge in [0, 0.05) is 17.8 Å². The Balaban J connectivity index is 2.33. The maximum Gasteiger partial charge on any atom is 0.211 e. The number of hydrogen-bond acceptors (Lipinski definition) is 5. The summed E-state index contributed by atoms with van der Waals surface area (Å²) in [7, 11) is -3.49. The molecule has 0 aliphatic heterocycles. The van der Waals surface area contributed by atoms with Crippen LogP contribution in [0.25, 0.3) is 0 Å². The molecular formula is C9H6Cl2N2O2S2. The molecule has 0 spiro atoms. The van der Waals surface area contributed by atoms with Gasteiger partial charge < -0.3 is 0 Å². The van der Waals surface area contributed by atoms with Crippen LogP contribution in [0.2, 0.25) is 10.0 Å². The molecule has 17 heavy (non-hydrogen) atoms. The molecule has 2 rings (SSSR count). The third kappa shape index (κ3) is 2.95. The van der Waals surface area contributed by atoms with Gasteiger partial charge in [0.2, 0.25) is 14.2 Å². The Hall–Kier alpha value is -0.690. The minimum Gasteiger partial charge on any atom is -0.257 e. The van der Waals surface area contributed by atoms with Crippen LogP contribution in [0, 0.1) is 0 Å². The van der Waals surface area contributed by atoms with Gasteiger partial charge in [-0.3, -0.25) is 4.98 Å². The average molecular weight is 309 g/mol. The fraction of sp³-hybridized carbons (Fsp3) is 0.111. The fourth-order valence-electron chi connectivity index (χ4n) is 1.15. The first-order valence-electron chi connectivity index (χ1n) is 4.41. The van der Waals surface area contributed by atoms with Crippen LogP contribution < -0.4 is 0 Å². The quantitative estimate of drug-likeness (QED) is 0.875. The number of rotatable bonds is 3. The lowest BCUT2D eigenvalue weighted by Gasteiger charge is -2.03. The van der Waals surface area contributed by atoms with Crippen molar-refractivity contribution in [2.75, 3.05) is 0 Å². The molecule has 0 fully saturated rings. The van der Waals surface area contributed by atoms with E-state index in [4.69, 9.17) is 23.2 Å². The predicted octanol–water partition coefficient (Wildman–Crippen LogP) is 2.82. The van der Waals surface area contributed by atoms with E-state index in [1.54, 1.807) is 5.38 Å². The summed E-state index contributed by atoms with van der Waals surface area (Å²) in [6, 6.07) is 1.46. The molecule has 0 saturated carbocycles. The van der Waals surface area contributed by atoms with Crippen molar-refractivity contribution in [3.8, 4) is 0 Å². The highest BCUT2D eigenvalue weighted by atomic mass is 35.5. The summed E-state index contributed by atoms with van der Waals surface area (Å²) in [6.45, 7) is 0. The van der Waals surface area contributed by atoms with Crippen molar-refractivity contribution >= 4 is 44.4 Å². The van der Waals surface area contributed by atoms with Gasteiger partial charge >= 0.3 is 0 Å². The molecule has 0 amide bonds. The number of nitrogens with zero attached hydrogens (tertiary/aromatic N) is 2. The third-order valence-corrected chi connectivity index (χ3v) is 5.33. The summed E-state index contributed by atoms with van der Waals surface area (Å²) in [5, 5.41) is 2.20. The Kier molecular flexibility index (Phi) is 3.67. The molecule has 8 heteroatoms. The smallest absolute Gasteiger partial charge is 0.211 e. The third-order valence-electron chi connectivity index (χ3n) is 1.89. The Morgan fingerprint density at radius 3 is 2.65 bits per heavy atom. The molecule has 4 nitrogen and oxygen atoms in total. The number of sulfone groups is 1. The van der Waals surface area contributed by atoms with Crippen molar-refractivity contribution in [1.82, 2.24) is 9.97 Å². The maximum absolute atomic E-state index is 11.9. The van der Waals surface area contributed by atoms with Gasteiger partial charge in [0.05, 0.1) is 15.7 Å². The van der Waals surface area contributed by atoms with Crippen LogP contribution in [-0.4, -0.2) is 18.4 Å². The highest BCUT2D eigenvalue weighted by molar-refractivity contribution is 7.92. The van der Waals surface area contributed by atoms with Crippen LogP contribution in [0.15, 0.2) is 28.2 Å². The first-order chi connectivity index (χ1) is 7.99. The molecule has 90 valence electrons. The average Bonchev–Trinajstić information content (AvgIpc) is 2.76. The molecule has 0 aliphatic rings. The van der Waals surface area contributed by atoms with Gasteiger partial charge in [0.15, 0.2) is 0 Å². The lowest BCUT2D eigenvalue weighted by molar-refractivity contribution is 0.594. The topological polar surface area (TPSA) is 59.9 Å². The molecule has 0 bridgehead atoms. The van der Waals surface area contributed by atoms with Crippen molar-refractivity contribution in [2.24, 2.45) is 0 Å². The Bertz CT molecular complexity index is 626. The summed E-state index contributed by atoms with van der Waals surface area (Å²) in [5.74, 6) is -0.281. The Morgan fingerprint density at radius 1 is 1.29 bits per heavy atom. The van der Waals surface area contributed by atoms with E-state index in [9.17, 15) is 8.42 Å². The SMILES string of the molecule is O=S(=O)(Cc1ncc(Cl)cc1Cl)c1nccs1. The predicted molar refractivity (Wildman–Crippen MR) is 67.3 cm³/mol. The summed E-state index contributed by atoms with van der Waals surface area (Å²) >= 11 is 12.6. The zero-order chi connectivity index (χ0) is 12.5. The van der Waals surface area contributed by atoms with Gasteiger partial charge in [-0.15, -0.1) is 11.3 Å². The second-order valence-electron chi connectivity index (χ2n) is 3.14. The largest absolute Gasteiger partial charge is 0.257 e. The second kappa shape index (κ2) is 4.89. The molecule has 0 aromatic carbocycles. The monoisotopic (exact) mass is 308 g/mol. The van der Waals surface area contributed by atoms with Gasteiger partial charge in [0.1, 0.15) is 5.75 Å². The number of pyridine rings is 1. The Morgan fingerprint density at radius 2 is 2.06 bits per heavy atom. The highest BCUT2D eigenvalue weighted by Crippen LogP contribution is 2.23. The Labute approximate surface area is 112 Å². The summed E-state index contributed by atoms with van der Waals surface area (Å²) in [6.07, 6.45) is 2.80. The first kappa shape index (κ1) is 12.8. The number of hydrogen-bond donors (Lipinski definition) is 0. The molecular weight excluding hydrogens is 303 g/mol. The fourth-order valence-corrected chi connectivity index (χ4v) is 3.91. The first-order valence-corrected chi connectivity index (χ1v) is 7.70. The molecule has 0 atom stereocenters. The van der Waals surface area contributed by atoms with Crippen LogP contribution in [-0.2, 0) is 15.6 Å². The number of aromatic nitrogens is 2. The van der Waals surface area contributed by atoms with E-state index in [1.807, 2.05) is 0 Å². The van der Waals surface area contributed by atoms with Gasteiger partial charge in [0.25, 0.3) is 0 Å². The van der Waals surface area contributed by atoms with Crippen molar-refractivity contribution in [2.45, 2.75) is 10.1 Å². The van der Waals surface area contributed by atoms with E-state index in [0.29, 0.717) is 5.02 Å². The van der Waals surface area contributed by atoms with E-state index in [2.05, 4.69) is 9.97 Å². The van der Waals surface area contributed by atoms with E-state index in [-0.39, 0.29) is 20.8 Å². The van der Waals surface area contributed by atoms with Gasteiger partial charge in [-0.2, -0.15) is 0 Å². The maximum atomic E-state index is 11.9. The molecule has 0 unspecified atom stereocenters. The molecule has 0 radical (unpaired) electrons. The van der Waals surface area contributed by atoms with E-state index >= 15 is 0 Å². The van der Waals surface area contributed by atoms with E-state index in [1.165, 1.54) is 18.5 Å². The minimum absolute atomic E-state index is 0.0605. The van der Waals surface area contributed by atoms with Crippen molar-refractivity contribution in [1.29, 1.82) is 0 Å². The number of thiazole rings is 1. The van der Waals surface area contributed by atoms with Gasteiger partial charge in [-0.1, -0.05) is 23.2 Å². The minimum atomic E-state index is -3.49. The van der Waals surface area contributed by atoms with E-state index < -0.39 is 9.84 Å². The van der Waals surface area contributed by atoms with Gasteiger partial charge in [-0.25, -0.2) is 13.4 Å². The lowest BCUT2D eigenvalue weighted by atomic mass is 10.4. The lowest BCUT2D eigenvalue weighted by Crippen LogP contribution is -2.06. The zero-order valence-corrected chi connectivity index (χ0v) is 11.4. The van der Waals surface area contributed by atoms with E-state index in [0.717, 1.165) is 11.3 Å². The van der Waals surface area contributed by atoms with Crippen molar-refractivity contribution < 1.29 is 8.42 Å². The van der Waals surface area contributed by atoms with Crippen LogP contribution in [0.1, 0.15) is 5.69 Å². The summed E-state index contributed by atoms with van der Waals surface area (Å²) in [4.78, 5) is 7.67. The van der Waals surface area contributed by atoms with Crippen molar-refractivity contribution in [3.05, 3.63) is 39.6 Å². The van der Waals surface area contributed by atoms with Crippen LogP contribution in [0.4, 0.5) is 0 Å². The molecule has 0 aliphatic carbocycles. The summed E-state index contributed by atoms with van der Waals surface area (Å²) in [5.41, 5.74) is 0.270. The van der Waals surface area contributed by atoms with Crippen LogP contribution in [0.3, 0.4) is 0 Å². The van der Waals surface area contributed by atoms with Gasteiger partial charge in [-0.05, 0) is 6.07 Å². The van der Waals surface area contributed by atoms with Crippen molar-refractivity contribution in [3.63, 3.8) is 0 Å². The molecule has 0 N–H and O–H groups in total. The molecule has 2 aromatic rings. The number of halogens is 2. The standard InChI is InChI=1S/C9H6Cl2N2O2S2/c10-6-3-7(11)8(13-4-6)5-17(14,15)9-12-1-2-16-9/h1-4H,5H2. The molecule has 2 heterocycles. The second-order valence-corrected chi connectivity index (χ2v) is 7.04. The molecule has 0 saturated heterocycles. The van der Waals surface area contributed by atoms with Crippen LogP contribution >= 0.6 is 34.5 Å². The summed E-state index contributed by atoms with van der Waals surface area (Å²) < 4.78 is 23.9. The normalized spacial score (nSPS) is 11.6. The van der Waals surface area contributed by atoms with Crippen LogP contribution in [0.5, 0.6) is 0 Å². The highest BCUT2D eigenvalue weighted by Gasteiger charge is 2.20.